The Kier molecular flexibility index (Phi) is 8.30. The Labute approximate surface area is 165 Å². The third-order valence-corrected chi connectivity index (χ3v) is 4.00. The van der Waals surface area contributed by atoms with Crippen LogP contribution in [0.4, 0.5) is 5.69 Å². The molecule has 7 nitrogen and oxygen atoms in total. The molecule has 0 radical (unpaired) electrons. The quantitative estimate of drug-likeness (QED) is 0.613. The fourth-order valence-corrected chi connectivity index (χ4v) is 2.53. The zero-order valence-corrected chi connectivity index (χ0v) is 16.4. The lowest BCUT2D eigenvalue weighted by Crippen LogP contribution is -2.34. The van der Waals surface area contributed by atoms with E-state index in [1.165, 1.54) is 0 Å². The van der Waals surface area contributed by atoms with Crippen LogP contribution in [0.15, 0.2) is 48.5 Å². The van der Waals surface area contributed by atoms with Gasteiger partial charge in [0.2, 0.25) is 0 Å². The predicted octanol–water partition coefficient (Wildman–Crippen LogP) is 2.87. The first kappa shape index (κ1) is 21.2. The Morgan fingerprint density at radius 2 is 1.79 bits per heavy atom. The minimum absolute atomic E-state index is 0.283. The minimum Gasteiger partial charge on any atom is -0.497 e. The molecule has 2 amide bonds. The van der Waals surface area contributed by atoms with Crippen molar-refractivity contribution in [3.05, 3.63) is 54.1 Å². The number of hydrogen-bond acceptors (Lipinski definition) is 5. The topological polar surface area (TPSA) is 85.9 Å². The van der Waals surface area contributed by atoms with Gasteiger partial charge in [0.05, 0.1) is 25.0 Å². The van der Waals surface area contributed by atoms with Crippen molar-refractivity contribution < 1.29 is 23.8 Å². The van der Waals surface area contributed by atoms with Crippen molar-refractivity contribution in [1.82, 2.24) is 5.32 Å². The number of anilines is 1. The summed E-state index contributed by atoms with van der Waals surface area (Å²) in [4.78, 5) is 25.1. The van der Waals surface area contributed by atoms with Gasteiger partial charge in [-0.2, -0.15) is 0 Å². The fraction of sp³-hybridized carbons (Fsp3) is 0.333. The summed E-state index contributed by atoms with van der Waals surface area (Å²) >= 11 is 0. The second-order valence-corrected chi connectivity index (χ2v) is 5.98. The molecule has 2 aromatic rings. The van der Waals surface area contributed by atoms with Crippen LogP contribution in [-0.4, -0.2) is 45.3 Å². The average Bonchev–Trinajstić information content (AvgIpc) is 2.72. The highest BCUT2D eigenvalue weighted by Crippen LogP contribution is 2.22. The van der Waals surface area contributed by atoms with Crippen LogP contribution >= 0.6 is 0 Å². The maximum Gasteiger partial charge on any atom is 0.265 e. The van der Waals surface area contributed by atoms with Gasteiger partial charge in [-0.15, -0.1) is 0 Å². The van der Waals surface area contributed by atoms with E-state index in [9.17, 15) is 9.59 Å². The molecule has 2 rings (SSSR count). The van der Waals surface area contributed by atoms with Crippen LogP contribution < -0.4 is 20.1 Å². The Bertz CT molecular complexity index is 794. The number of benzene rings is 2. The van der Waals surface area contributed by atoms with Gasteiger partial charge >= 0.3 is 0 Å². The van der Waals surface area contributed by atoms with Crippen LogP contribution in [0.25, 0.3) is 0 Å². The van der Waals surface area contributed by atoms with E-state index in [1.54, 1.807) is 62.8 Å². The highest BCUT2D eigenvalue weighted by Gasteiger charge is 2.21. The molecular weight excluding hydrogens is 360 g/mol. The van der Waals surface area contributed by atoms with Gasteiger partial charge in [-0.3, -0.25) is 9.59 Å². The van der Waals surface area contributed by atoms with E-state index in [-0.39, 0.29) is 11.8 Å². The molecule has 28 heavy (non-hydrogen) atoms. The first-order chi connectivity index (χ1) is 13.6. The van der Waals surface area contributed by atoms with E-state index in [2.05, 4.69) is 10.6 Å². The number of ether oxygens (including phenoxy) is 3. The van der Waals surface area contributed by atoms with Crippen LogP contribution in [0.1, 0.15) is 23.7 Å². The van der Waals surface area contributed by atoms with E-state index < -0.39 is 6.10 Å². The molecule has 1 atom stereocenters. The molecule has 7 heteroatoms. The Hall–Kier alpha value is -3.06. The highest BCUT2D eigenvalue weighted by molar-refractivity contribution is 6.04. The highest BCUT2D eigenvalue weighted by atomic mass is 16.5. The smallest absolute Gasteiger partial charge is 0.265 e. The van der Waals surface area contributed by atoms with Gasteiger partial charge in [0.15, 0.2) is 6.10 Å². The Morgan fingerprint density at radius 3 is 2.50 bits per heavy atom. The summed E-state index contributed by atoms with van der Waals surface area (Å²) in [5, 5.41) is 5.54. The van der Waals surface area contributed by atoms with Gasteiger partial charge in [-0.25, -0.2) is 0 Å². The van der Waals surface area contributed by atoms with Crippen molar-refractivity contribution in [2.24, 2.45) is 0 Å². The standard InChI is InChI=1S/C21H26N2O5/c1-4-19(28-16-9-7-8-15(14-16)27-3)21(25)23-18-11-6-5-10-17(18)20(24)22-12-13-26-2/h5-11,14,19H,4,12-13H2,1-3H3,(H,22,24)(H,23,25). The second kappa shape index (κ2) is 10.9. The molecule has 0 aliphatic rings. The van der Waals surface area contributed by atoms with Crippen molar-refractivity contribution in [2.45, 2.75) is 19.4 Å². The lowest BCUT2D eigenvalue weighted by atomic mass is 10.1. The molecule has 2 N–H and O–H groups in total. The summed E-state index contributed by atoms with van der Waals surface area (Å²) in [6.45, 7) is 2.65. The molecule has 0 heterocycles. The molecule has 0 saturated heterocycles. The third-order valence-electron chi connectivity index (χ3n) is 4.00. The summed E-state index contributed by atoms with van der Waals surface area (Å²) in [5.74, 6) is 0.565. The lowest BCUT2D eigenvalue weighted by Gasteiger charge is -2.19. The molecule has 0 saturated carbocycles. The number of nitrogens with one attached hydrogen (secondary N) is 2. The van der Waals surface area contributed by atoms with E-state index >= 15 is 0 Å². The predicted molar refractivity (Wildman–Crippen MR) is 107 cm³/mol. The number of para-hydroxylation sites is 1. The first-order valence-corrected chi connectivity index (χ1v) is 9.06. The molecule has 0 fully saturated rings. The monoisotopic (exact) mass is 386 g/mol. The van der Waals surface area contributed by atoms with E-state index in [4.69, 9.17) is 14.2 Å². The summed E-state index contributed by atoms with van der Waals surface area (Å²) in [6, 6.07) is 13.9. The van der Waals surface area contributed by atoms with E-state index in [0.29, 0.717) is 42.3 Å². The maximum absolute atomic E-state index is 12.7. The van der Waals surface area contributed by atoms with Gasteiger partial charge in [-0.05, 0) is 30.7 Å². The zero-order valence-electron chi connectivity index (χ0n) is 16.4. The van der Waals surface area contributed by atoms with E-state index in [1.807, 2.05) is 6.92 Å². The summed E-state index contributed by atoms with van der Waals surface area (Å²) in [5.41, 5.74) is 0.804. The summed E-state index contributed by atoms with van der Waals surface area (Å²) < 4.78 is 15.9. The number of amides is 2. The largest absolute Gasteiger partial charge is 0.497 e. The molecule has 0 aliphatic carbocycles. The van der Waals surface area contributed by atoms with Gasteiger partial charge < -0.3 is 24.8 Å². The molecule has 0 bridgehead atoms. The van der Waals surface area contributed by atoms with Crippen LogP contribution in [0.3, 0.4) is 0 Å². The molecular formula is C21H26N2O5. The van der Waals surface area contributed by atoms with Crippen molar-refractivity contribution in [3.63, 3.8) is 0 Å². The summed E-state index contributed by atoms with van der Waals surface area (Å²) in [6.07, 6.45) is -0.248. The van der Waals surface area contributed by atoms with Crippen molar-refractivity contribution in [1.29, 1.82) is 0 Å². The first-order valence-electron chi connectivity index (χ1n) is 9.06. The molecule has 0 aliphatic heterocycles. The van der Waals surface area contributed by atoms with Gasteiger partial charge in [0.1, 0.15) is 11.5 Å². The number of hydrogen-bond donors (Lipinski definition) is 2. The van der Waals surface area contributed by atoms with Crippen LogP contribution in [0, 0.1) is 0 Å². The molecule has 1 unspecified atom stereocenters. The molecule has 2 aromatic carbocycles. The SMILES string of the molecule is CCC(Oc1cccc(OC)c1)C(=O)Nc1ccccc1C(=O)NCCOC. The third kappa shape index (κ3) is 5.99. The van der Waals surface area contributed by atoms with Gasteiger partial charge in [0, 0.05) is 19.7 Å². The van der Waals surface area contributed by atoms with E-state index in [0.717, 1.165) is 0 Å². The van der Waals surface area contributed by atoms with Crippen molar-refractivity contribution >= 4 is 17.5 Å². The number of rotatable bonds is 10. The lowest BCUT2D eigenvalue weighted by molar-refractivity contribution is -0.122. The Morgan fingerprint density at radius 1 is 1.04 bits per heavy atom. The van der Waals surface area contributed by atoms with Crippen molar-refractivity contribution in [3.8, 4) is 11.5 Å². The molecule has 150 valence electrons. The maximum atomic E-state index is 12.7. The molecule has 0 aromatic heterocycles. The van der Waals surface area contributed by atoms with Gasteiger partial charge in [0.25, 0.3) is 11.8 Å². The normalized spacial score (nSPS) is 11.4. The summed E-state index contributed by atoms with van der Waals surface area (Å²) in [7, 11) is 3.13. The number of carbonyl (C=O) groups excluding carboxylic acids is 2. The van der Waals surface area contributed by atoms with Crippen LogP contribution in [0.2, 0.25) is 0 Å². The Balaban J connectivity index is 2.08. The van der Waals surface area contributed by atoms with Crippen molar-refractivity contribution in [2.75, 3.05) is 32.7 Å². The second-order valence-electron chi connectivity index (χ2n) is 5.98. The number of carbonyl (C=O) groups is 2. The molecule has 0 spiro atoms. The van der Waals surface area contributed by atoms with Crippen LogP contribution in [-0.2, 0) is 9.53 Å². The zero-order chi connectivity index (χ0) is 20.4. The van der Waals surface area contributed by atoms with Crippen LogP contribution in [0.5, 0.6) is 11.5 Å². The van der Waals surface area contributed by atoms with Gasteiger partial charge in [-0.1, -0.05) is 25.1 Å². The number of methoxy groups -OCH3 is 2. The fourth-order valence-electron chi connectivity index (χ4n) is 2.53. The minimum atomic E-state index is -0.711. The average molecular weight is 386 g/mol.